The Hall–Kier alpha value is 0. The van der Waals surface area contributed by atoms with Crippen molar-refractivity contribution < 1.29 is 0 Å². The predicted molar refractivity (Wildman–Crippen MR) is 101 cm³/mol. The van der Waals surface area contributed by atoms with Crippen LogP contribution >= 0.6 is 0 Å². The second kappa shape index (κ2) is 13.6. The van der Waals surface area contributed by atoms with Gasteiger partial charge in [0.2, 0.25) is 0 Å². The summed E-state index contributed by atoms with van der Waals surface area (Å²) in [5.41, 5.74) is 0.799. The Morgan fingerprint density at radius 2 is 1.29 bits per heavy atom. The van der Waals surface area contributed by atoms with Gasteiger partial charge >= 0.3 is 0 Å². The van der Waals surface area contributed by atoms with Gasteiger partial charge in [-0.05, 0) is 48.9 Å². The maximum absolute atomic E-state index is 2.44. The van der Waals surface area contributed by atoms with Crippen LogP contribution in [-0.4, -0.2) is 0 Å². The molecule has 0 amide bonds. The van der Waals surface area contributed by atoms with E-state index in [2.05, 4.69) is 20.8 Å². The average molecular weight is 299 g/mol. The summed E-state index contributed by atoms with van der Waals surface area (Å²) in [6.07, 6.45) is 12.2. The summed E-state index contributed by atoms with van der Waals surface area (Å²) in [4.78, 5) is 0. The van der Waals surface area contributed by atoms with Crippen LogP contribution in [0.2, 0.25) is 0 Å². The Bertz CT molecular complexity index is 198. The van der Waals surface area contributed by atoms with E-state index in [1.165, 1.54) is 25.7 Å². The summed E-state index contributed by atoms with van der Waals surface area (Å²) < 4.78 is 0. The SMILES string of the molecule is CC.CC.CC.CCC1CC2(CCCCC2)CC1C(C)C. The van der Waals surface area contributed by atoms with Crippen LogP contribution in [0.3, 0.4) is 0 Å². The normalized spacial score (nSPS) is 26.0. The lowest BCUT2D eigenvalue weighted by atomic mass is 9.72. The molecule has 2 aliphatic rings. The Labute approximate surface area is 137 Å². The van der Waals surface area contributed by atoms with Crippen molar-refractivity contribution in [3.8, 4) is 0 Å². The fourth-order valence-corrected chi connectivity index (χ4v) is 4.39. The molecule has 0 N–H and O–H groups in total. The van der Waals surface area contributed by atoms with Gasteiger partial charge in [0.1, 0.15) is 0 Å². The van der Waals surface area contributed by atoms with Crippen LogP contribution in [0, 0.1) is 23.2 Å². The summed E-state index contributed by atoms with van der Waals surface area (Å²) in [6, 6.07) is 0. The number of hydrogen-bond donors (Lipinski definition) is 0. The number of rotatable bonds is 2. The van der Waals surface area contributed by atoms with Gasteiger partial charge in [0, 0.05) is 0 Å². The maximum atomic E-state index is 2.44. The van der Waals surface area contributed by atoms with Gasteiger partial charge in [-0.1, -0.05) is 88.0 Å². The van der Waals surface area contributed by atoms with Crippen LogP contribution in [-0.2, 0) is 0 Å². The molecular weight excluding hydrogens is 252 g/mol. The molecule has 1 spiro atoms. The standard InChI is InChI=1S/C15H28.3C2H6/c1-4-13-10-15(8-6-5-7-9-15)11-14(13)12(2)3;3*1-2/h12-14H,4-11H2,1-3H3;3*1-2H3. The first-order valence-electron chi connectivity index (χ1n) is 10.2. The average Bonchev–Trinajstić information content (AvgIpc) is 2.92. The minimum Gasteiger partial charge on any atom is -0.0683 e. The highest BCUT2D eigenvalue weighted by Crippen LogP contribution is 2.56. The Balaban J connectivity index is 0. The van der Waals surface area contributed by atoms with Crippen molar-refractivity contribution in [1.82, 2.24) is 0 Å². The van der Waals surface area contributed by atoms with E-state index in [0.29, 0.717) is 0 Å². The molecule has 0 saturated heterocycles. The topological polar surface area (TPSA) is 0 Å². The molecular formula is C21H46. The first kappa shape index (κ1) is 23.3. The molecule has 21 heavy (non-hydrogen) atoms. The summed E-state index contributed by atoms with van der Waals surface area (Å²) in [5, 5.41) is 0. The summed E-state index contributed by atoms with van der Waals surface area (Å²) in [7, 11) is 0. The molecule has 0 radical (unpaired) electrons. The predicted octanol–water partition coefficient (Wildman–Crippen LogP) is 8.11. The summed E-state index contributed by atoms with van der Waals surface area (Å²) >= 11 is 0. The highest BCUT2D eigenvalue weighted by Gasteiger charge is 2.45. The van der Waals surface area contributed by atoms with E-state index >= 15 is 0 Å². The smallest absolute Gasteiger partial charge is 0.0292 e. The highest BCUT2D eigenvalue weighted by molar-refractivity contribution is 4.95. The van der Waals surface area contributed by atoms with Gasteiger partial charge in [0.05, 0.1) is 0 Å². The fourth-order valence-electron chi connectivity index (χ4n) is 4.39. The van der Waals surface area contributed by atoms with Crippen LogP contribution < -0.4 is 0 Å². The third-order valence-corrected chi connectivity index (χ3v) is 5.26. The van der Waals surface area contributed by atoms with E-state index in [1.807, 2.05) is 41.5 Å². The van der Waals surface area contributed by atoms with Crippen LogP contribution in [0.25, 0.3) is 0 Å². The summed E-state index contributed by atoms with van der Waals surface area (Å²) in [6.45, 7) is 19.3. The quantitative estimate of drug-likeness (QED) is 0.483. The molecule has 2 rings (SSSR count). The van der Waals surface area contributed by atoms with Crippen molar-refractivity contribution in [2.45, 2.75) is 114 Å². The minimum atomic E-state index is 0.799. The van der Waals surface area contributed by atoms with E-state index in [9.17, 15) is 0 Å². The van der Waals surface area contributed by atoms with Crippen molar-refractivity contribution in [2.75, 3.05) is 0 Å². The van der Waals surface area contributed by atoms with E-state index in [1.54, 1.807) is 25.7 Å². The van der Waals surface area contributed by atoms with Gasteiger partial charge in [0.25, 0.3) is 0 Å². The molecule has 0 heterocycles. The molecule has 2 atom stereocenters. The van der Waals surface area contributed by atoms with Gasteiger partial charge in [-0.2, -0.15) is 0 Å². The van der Waals surface area contributed by atoms with Gasteiger partial charge in [-0.25, -0.2) is 0 Å². The second-order valence-electron chi connectivity index (χ2n) is 6.55. The van der Waals surface area contributed by atoms with Gasteiger partial charge < -0.3 is 0 Å². The Morgan fingerprint density at radius 3 is 1.62 bits per heavy atom. The van der Waals surface area contributed by atoms with Crippen molar-refractivity contribution in [3.63, 3.8) is 0 Å². The molecule has 0 aromatic rings. The van der Waals surface area contributed by atoms with E-state index in [0.717, 1.165) is 23.2 Å². The van der Waals surface area contributed by atoms with Gasteiger partial charge in [-0.3, -0.25) is 0 Å². The third kappa shape index (κ3) is 7.20. The zero-order chi connectivity index (χ0) is 16.9. The second-order valence-corrected chi connectivity index (χ2v) is 6.55. The van der Waals surface area contributed by atoms with Crippen molar-refractivity contribution in [1.29, 1.82) is 0 Å². The van der Waals surface area contributed by atoms with Crippen molar-refractivity contribution in [2.24, 2.45) is 23.2 Å². The molecule has 2 fully saturated rings. The molecule has 0 heteroatoms. The van der Waals surface area contributed by atoms with Gasteiger partial charge in [-0.15, -0.1) is 0 Å². The molecule has 0 aliphatic heterocycles. The third-order valence-electron chi connectivity index (χ3n) is 5.26. The molecule has 2 saturated carbocycles. The van der Waals surface area contributed by atoms with Crippen LogP contribution in [0.5, 0.6) is 0 Å². The Kier molecular flexibility index (Phi) is 15.1. The monoisotopic (exact) mass is 298 g/mol. The van der Waals surface area contributed by atoms with Crippen LogP contribution in [0.1, 0.15) is 114 Å². The fraction of sp³-hybridized carbons (Fsp3) is 1.00. The Morgan fingerprint density at radius 1 is 0.810 bits per heavy atom. The van der Waals surface area contributed by atoms with E-state index in [4.69, 9.17) is 0 Å². The highest BCUT2D eigenvalue weighted by atomic mass is 14.5. The molecule has 2 unspecified atom stereocenters. The molecule has 2 aliphatic carbocycles. The number of hydrogen-bond acceptors (Lipinski definition) is 0. The van der Waals surface area contributed by atoms with Gasteiger partial charge in [0.15, 0.2) is 0 Å². The first-order chi connectivity index (χ1) is 10.2. The molecule has 0 nitrogen and oxygen atoms in total. The van der Waals surface area contributed by atoms with Crippen LogP contribution in [0.4, 0.5) is 0 Å². The van der Waals surface area contributed by atoms with Crippen molar-refractivity contribution >= 4 is 0 Å². The lowest BCUT2D eigenvalue weighted by Gasteiger charge is -2.34. The molecule has 0 aromatic carbocycles. The summed E-state index contributed by atoms with van der Waals surface area (Å²) in [5.74, 6) is 2.99. The largest absolute Gasteiger partial charge is 0.0683 e. The molecule has 0 aromatic heterocycles. The first-order valence-corrected chi connectivity index (χ1v) is 10.2. The minimum absolute atomic E-state index is 0.799. The zero-order valence-corrected chi connectivity index (χ0v) is 16.9. The van der Waals surface area contributed by atoms with Crippen LogP contribution in [0.15, 0.2) is 0 Å². The van der Waals surface area contributed by atoms with Crippen molar-refractivity contribution in [3.05, 3.63) is 0 Å². The molecule has 130 valence electrons. The maximum Gasteiger partial charge on any atom is -0.0292 e. The van der Waals surface area contributed by atoms with E-state index in [-0.39, 0.29) is 0 Å². The lowest BCUT2D eigenvalue weighted by Crippen LogP contribution is -2.21. The lowest BCUT2D eigenvalue weighted by molar-refractivity contribution is 0.181. The zero-order valence-electron chi connectivity index (χ0n) is 16.9. The molecule has 0 bridgehead atoms. The van der Waals surface area contributed by atoms with E-state index < -0.39 is 0 Å².